The molecule has 1 fully saturated rings. The molecule has 478 valence electrons. The number of H-pyrrole nitrogens is 1. The minimum absolute atomic E-state index is 0.0118. The number of aromatic nitrogens is 2. The van der Waals surface area contributed by atoms with E-state index in [1.54, 1.807) is 34.6 Å². The van der Waals surface area contributed by atoms with Crippen molar-refractivity contribution in [3.05, 3.63) is 18.2 Å². The number of carboxylic acids is 2. The SMILES string of the molecule is CC[C@H](C)[C@H](NC(=O)[C@H](CC(C)C)NC(=O)[C@@H](CCC(=O)O)NC(=O)[C@H](CC(=O)O)NC(C)=O)C(=O)N(C)[C@@H](CC1CCCCC1)C(=O)N(C)[C@@H](CC)C(=O)N[C@@H](C)C(=O)N[C@@H](CO)C(=O)N[C@@H](Cc1cnc[nH]1)C(=O)N[C@@H](CC(C)C)C(N)=O. The van der Waals surface area contributed by atoms with Crippen molar-refractivity contribution in [2.75, 3.05) is 20.7 Å². The van der Waals surface area contributed by atoms with Gasteiger partial charge in [0.05, 0.1) is 19.4 Å². The quantitative estimate of drug-likeness (QED) is 0.0374. The normalized spacial score (nSPS) is 16.4. The Hall–Kier alpha value is -7.72. The molecule has 0 unspecified atom stereocenters. The van der Waals surface area contributed by atoms with E-state index < -0.39 is 169 Å². The summed E-state index contributed by atoms with van der Waals surface area (Å²) >= 11 is 0. The first-order valence-electron chi connectivity index (χ1n) is 29.1. The maximum Gasteiger partial charge on any atom is 0.305 e. The third-order valence-electron chi connectivity index (χ3n) is 14.9. The Kier molecular flexibility index (Phi) is 31.3. The van der Waals surface area contributed by atoms with E-state index in [4.69, 9.17) is 5.73 Å². The number of amides is 11. The summed E-state index contributed by atoms with van der Waals surface area (Å²) < 4.78 is 0. The van der Waals surface area contributed by atoms with Crippen molar-refractivity contribution in [1.82, 2.24) is 62.3 Å². The molecular formula is C56H93N13O16. The van der Waals surface area contributed by atoms with Crippen LogP contribution in [0.3, 0.4) is 0 Å². The average molecular weight is 1200 g/mol. The fraction of sp³-hybridized carbons (Fsp3) is 0.714. The number of rotatable bonds is 37. The van der Waals surface area contributed by atoms with E-state index in [-0.39, 0.29) is 49.9 Å². The minimum atomic E-state index is -1.64. The molecule has 0 aliphatic heterocycles. The minimum Gasteiger partial charge on any atom is -0.481 e. The van der Waals surface area contributed by atoms with Crippen molar-refractivity contribution < 1.29 is 77.6 Å². The van der Waals surface area contributed by atoms with Crippen LogP contribution < -0.4 is 48.3 Å². The van der Waals surface area contributed by atoms with E-state index in [0.717, 1.165) is 39.0 Å². The zero-order valence-electron chi connectivity index (χ0n) is 50.9. The van der Waals surface area contributed by atoms with Gasteiger partial charge in [0, 0.05) is 45.8 Å². The van der Waals surface area contributed by atoms with Gasteiger partial charge in [-0.1, -0.05) is 87.0 Å². The molecule has 1 saturated carbocycles. The molecule has 0 radical (unpaired) electrons. The number of likely N-dealkylation sites (N-methyl/N-ethyl adjacent to an activating group) is 2. The lowest BCUT2D eigenvalue weighted by Gasteiger charge is -2.38. The molecule has 14 N–H and O–H groups in total. The van der Waals surface area contributed by atoms with Crippen molar-refractivity contribution >= 4 is 76.9 Å². The summed E-state index contributed by atoms with van der Waals surface area (Å²) in [6.07, 6.45) is 5.63. The topological polar surface area (TPSA) is 440 Å². The van der Waals surface area contributed by atoms with Gasteiger partial charge < -0.3 is 78.4 Å². The Morgan fingerprint density at radius 1 is 0.612 bits per heavy atom. The summed E-state index contributed by atoms with van der Waals surface area (Å²) in [4.78, 5) is 183. The van der Waals surface area contributed by atoms with Gasteiger partial charge in [0.1, 0.15) is 60.4 Å². The molecule has 1 heterocycles. The lowest BCUT2D eigenvalue weighted by atomic mass is 9.84. The number of hydrogen-bond donors (Lipinski definition) is 13. The van der Waals surface area contributed by atoms with Crippen LogP contribution in [0.2, 0.25) is 0 Å². The second-order valence-corrected chi connectivity index (χ2v) is 22.9. The van der Waals surface area contributed by atoms with E-state index in [0.29, 0.717) is 12.1 Å². The summed E-state index contributed by atoms with van der Waals surface area (Å²) in [6.45, 7) is 13.7. The van der Waals surface area contributed by atoms with Crippen molar-refractivity contribution in [2.24, 2.45) is 29.4 Å². The highest BCUT2D eigenvalue weighted by molar-refractivity contribution is 5.99. The van der Waals surface area contributed by atoms with Gasteiger partial charge in [-0.05, 0) is 62.7 Å². The molecule has 1 aliphatic rings. The lowest BCUT2D eigenvalue weighted by molar-refractivity contribution is -0.150. The van der Waals surface area contributed by atoms with Crippen molar-refractivity contribution in [2.45, 2.75) is 213 Å². The molecule has 0 saturated heterocycles. The van der Waals surface area contributed by atoms with Crippen molar-refractivity contribution in [3.63, 3.8) is 0 Å². The Balaban J connectivity index is 2.41. The van der Waals surface area contributed by atoms with Gasteiger partial charge in [-0.25, -0.2) is 4.98 Å². The highest BCUT2D eigenvalue weighted by Crippen LogP contribution is 2.30. The van der Waals surface area contributed by atoms with E-state index in [2.05, 4.69) is 52.5 Å². The second-order valence-electron chi connectivity index (χ2n) is 22.9. The number of carboxylic acid groups (broad SMARTS) is 2. The zero-order chi connectivity index (χ0) is 64.4. The van der Waals surface area contributed by atoms with E-state index in [1.807, 2.05) is 13.8 Å². The summed E-state index contributed by atoms with van der Waals surface area (Å²) in [5.74, 6) is -12.9. The Bertz CT molecular complexity index is 2440. The number of aliphatic carboxylic acids is 2. The van der Waals surface area contributed by atoms with Crippen LogP contribution in [0.15, 0.2) is 12.5 Å². The fourth-order valence-electron chi connectivity index (χ4n) is 9.86. The summed E-state index contributed by atoms with van der Waals surface area (Å²) in [5.41, 5.74) is 5.97. The molecular weight excluding hydrogens is 1110 g/mol. The number of carbonyl (C=O) groups excluding carboxylic acids is 11. The highest BCUT2D eigenvalue weighted by Gasteiger charge is 2.41. The summed E-state index contributed by atoms with van der Waals surface area (Å²) in [6, 6.07) is -13.7. The number of aliphatic hydroxyl groups excluding tert-OH is 1. The van der Waals surface area contributed by atoms with Crippen LogP contribution in [0, 0.1) is 23.7 Å². The van der Waals surface area contributed by atoms with E-state index in [9.17, 15) is 77.6 Å². The van der Waals surface area contributed by atoms with Gasteiger partial charge in [0.25, 0.3) is 0 Å². The number of nitrogens with two attached hydrogens (primary N) is 1. The lowest BCUT2D eigenvalue weighted by Crippen LogP contribution is -2.62. The molecule has 1 aromatic heterocycles. The van der Waals surface area contributed by atoms with Crippen molar-refractivity contribution in [3.8, 4) is 0 Å². The molecule has 0 bridgehead atoms. The molecule has 1 aromatic rings. The van der Waals surface area contributed by atoms with Crippen LogP contribution in [0.4, 0.5) is 0 Å². The van der Waals surface area contributed by atoms with E-state index >= 15 is 0 Å². The monoisotopic (exact) mass is 1200 g/mol. The molecule has 29 heteroatoms. The molecule has 0 aromatic carbocycles. The number of aliphatic hydroxyl groups is 1. The summed E-state index contributed by atoms with van der Waals surface area (Å²) in [7, 11) is 2.80. The Labute approximate surface area is 496 Å². The number of nitrogens with one attached hydrogen (secondary N) is 9. The third-order valence-corrected chi connectivity index (χ3v) is 14.9. The smallest absolute Gasteiger partial charge is 0.305 e. The maximum absolute atomic E-state index is 14.9. The van der Waals surface area contributed by atoms with Gasteiger partial charge in [0.2, 0.25) is 65.0 Å². The second kappa shape index (κ2) is 36.2. The molecule has 11 amide bonds. The maximum atomic E-state index is 14.9. The fourth-order valence-corrected chi connectivity index (χ4v) is 9.86. The third kappa shape index (κ3) is 24.8. The van der Waals surface area contributed by atoms with Crippen LogP contribution in [0.25, 0.3) is 0 Å². The van der Waals surface area contributed by atoms with Crippen LogP contribution >= 0.6 is 0 Å². The standard InChI is InChI=1S/C56H93N13O16/c1-12-31(7)46(67-52(81)38(22-30(5)6)64-49(78)36(19-20-44(72)73)62-51(80)40(25-45(74)75)61-33(9)71)56(85)69(11)43(23-34-17-15-14-16-18-34)55(84)68(10)42(13-2)54(83)60-32(8)48(77)66-41(27-70)53(82)65-39(24-35-26-58-28-59-35)50(79)63-37(47(57)76)21-29(3)4/h26,28-32,34,36-43,46,70H,12-25,27H2,1-11H3,(H2,57,76)(H,58,59)(H,60,83)(H,61,71)(H,62,80)(H,63,79)(H,64,78)(H,65,82)(H,66,77)(H,67,81)(H,72,73)(H,74,75)/t31-,32-,36+,37-,38-,39-,40-,41-,42-,43-,46-/m0/s1. The largest absolute Gasteiger partial charge is 0.481 e. The molecule has 85 heavy (non-hydrogen) atoms. The highest BCUT2D eigenvalue weighted by atomic mass is 16.4. The van der Waals surface area contributed by atoms with Crippen LogP contribution in [0.5, 0.6) is 0 Å². The number of nitrogens with zero attached hydrogens (tertiary/aromatic N) is 3. The zero-order valence-corrected chi connectivity index (χ0v) is 50.9. The van der Waals surface area contributed by atoms with Gasteiger partial charge in [-0.3, -0.25) is 62.3 Å². The predicted molar refractivity (Wildman–Crippen MR) is 307 cm³/mol. The van der Waals surface area contributed by atoms with Crippen LogP contribution in [-0.4, -0.2) is 193 Å². The first-order valence-corrected chi connectivity index (χ1v) is 29.1. The van der Waals surface area contributed by atoms with Gasteiger partial charge >= 0.3 is 11.9 Å². The predicted octanol–water partition coefficient (Wildman–Crippen LogP) is -1.14. The Morgan fingerprint density at radius 3 is 1.65 bits per heavy atom. The van der Waals surface area contributed by atoms with Gasteiger partial charge in [-0.2, -0.15) is 0 Å². The van der Waals surface area contributed by atoms with Crippen LogP contribution in [0.1, 0.15) is 151 Å². The van der Waals surface area contributed by atoms with Crippen LogP contribution in [-0.2, 0) is 68.7 Å². The molecule has 1 aliphatic carbocycles. The number of primary amides is 1. The molecule has 2 rings (SSSR count). The Morgan fingerprint density at radius 2 is 1.13 bits per heavy atom. The number of carbonyl (C=O) groups is 13. The molecule has 11 atom stereocenters. The van der Waals surface area contributed by atoms with E-state index in [1.165, 1.54) is 43.3 Å². The molecule has 0 spiro atoms. The molecule has 29 nitrogen and oxygen atoms in total. The van der Waals surface area contributed by atoms with Crippen molar-refractivity contribution in [1.29, 1.82) is 0 Å². The summed E-state index contributed by atoms with van der Waals surface area (Å²) in [5, 5.41) is 49.0. The first kappa shape index (κ1) is 73.4. The van der Waals surface area contributed by atoms with Gasteiger partial charge in [0.15, 0.2) is 0 Å². The average Bonchev–Trinajstić information content (AvgIpc) is 3.16. The van der Waals surface area contributed by atoms with Gasteiger partial charge in [-0.15, -0.1) is 0 Å². The number of imidazole rings is 1. The first-order chi connectivity index (χ1) is 39.8. The number of aromatic amines is 1. The number of hydrogen-bond acceptors (Lipinski definition) is 15.